The average molecular weight is 225 g/mol. The van der Waals surface area contributed by atoms with E-state index in [2.05, 4.69) is 5.48 Å². The maximum Gasteiger partial charge on any atom is 0.491 e. The second-order valence-corrected chi connectivity index (χ2v) is 5.32. The van der Waals surface area contributed by atoms with Gasteiger partial charge in [0.05, 0.1) is 13.2 Å². The molecule has 0 aliphatic carbocycles. The zero-order valence-electron chi connectivity index (χ0n) is 9.49. The van der Waals surface area contributed by atoms with Gasteiger partial charge in [0.25, 0.3) is 0 Å². The van der Waals surface area contributed by atoms with E-state index in [0.29, 0.717) is 0 Å². The normalized spacial score (nSPS) is 13.2. The molecule has 5 nitrogen and oxygen atoms in total. The van der Waals surface area contributed by atoms with Crippen LogP contribution in [0, 0.1) is 0 Å². The molecule has 0 aromatic rings. The predicted molar refractivity (Wildman–Crippen MR) is 54.8 cm³/mol. The van der Waals surface area contributed by atoms with Crippen molar-refractivity contribution in [1.29, 1.82) is 0 Å². The number of hydrogen-bond acceptors (Lipinski definition) is 5. The fourth-order valence-corrected chi connectivity index (χ4v) is 1.80. The summed E-state index contributed by atoms with van der Waals surface area (Å²) < 4.78 is 26.5. The van der Waals surface area contributed by atoms with Crippen LogP contribution >= 0.6 is 7.82 Å². The highest BCUT2D eigenvalue weighted by Gasteiger charge is 2.28. The Balaban J connectivity index is 4.16. The molecular weight excluding hydrogens is 205 g/mol. The van der Waals surface area contributed by atoms with Crippen LogP contribution in [0.1, 0.15) is 34.6 Å². The quantitative estimate of drug-likeness (QED) is 0.556. The second kappa shape index (κ2) is 5.83. The lowest BCUT2D eigenvalue weighted by molar-refractivity contribution is 0.0428. The summed E-state index contributed by atoms with van der Waals surface area (Å²) in [5, 5.41) is 0. The van der Waals surface area contributed by atoms with Crippen molar-refractivity contribution >= 4 is 7.82 Å². The number of rotatable bonds is 6. The van der Waals surface area contributed by atoms with Gasteiger partial charge in [-0.25, -0.2) is 4.57 Å². The minimum atomic E-state index is -3.43. The SMILES string of the molecule is CCOP(=O)(OCC)ONC(C)(C)C. The number of hydroxylamine groups is 1. The molecule has 0 spiro atoms. The summed E-state index contributed by atoms with van der Waals surface area (Å²) in [7, 11) is -3.43. The highest BCUT2D eigenvalue weighted by atomic mass is 31.2. The maximum absolute atomic E-state index is 11.7. The van der Waals surface area contributed by atoms with E-state index in [4.69, 9.17) is 13.7 Å². The van der Waals surface area contributed by atoms with Gasteiger partial charge in [-0.15, -0.1) is 0 Å². The molecule has 0 saturated heterocycles. The minimum Gasteiger partial charge on any atom is -0.286 e. The molecule has 0 aromatic heterocycles. The monoisotopic (exact) mass is 225 g/mol. The molecule has 0 radical (unpaired) electrons. The van der Waals surface area contributed by atoms with Crippen LogP contribution in [0.4, 0.5) is 0 Å². The highest BCUT2D eigenvalue weighted by Crippen LogP contribution is 2.48. The van der Waals surface area contributed by atoms with E-state index in [0.717, 1.165) is 0 Å². The summed E-state index contributed by atoms with van der Waals surface area (Å²) in [5.41, 5.74) is 2.32. The molecule has 0 rings (SSSR count). The number of hydrogen-bond donors (Lipinski definition) is 1. The van der Waals surface area contributed by atoms with Crippen molar-refractivity contribution in [3.05, 3.63) is 0 Å². The van der Waals surface area contributed by atoms with Crippen molar-refractivity contribution < 1.29 is 18.2 Å². The van der Waals surface area contributed by atoms with E-state index >= 15 is 0 Å². The Bertz CT molecular complexity index is 192. The van der Waals surface area contributed by atoms with Gasteiger partial charge in [-0.3, -0.25) is 9.05 Å². The molecule has 0 bridgehead atoms. The molecule has 6 heteroatoms. The number of phosphoric acid groups is 1. The summed E-state index contributed by atoms with van der Waals surface area (Å²) in [6, 6.07) is 0. The van der Waals surface area contributed by atoms with Gasteiger partial charge in [-0.05, 0) is 34.6 Å². The first-order chi connectivity index (χ1) is 6.33. The third kappa shape index (κ3) is 6.51. The average Bonchev–Trinajstić information content (AvgIpc) is 2.01. The minimum absolute atomic E-state index is 0.281. The van der Waals surface area contributed by atoms with Gasteiger partial charge in [-0.1, -0.05) is 0 Å². The summed E-state index contributed by atoms with van der Waals surface area (Å²) >= 11 is 0. The Hall–Kier alpha value is 0.0700. The highest BCUT2D eigenvalue weighted by molar-refractivity contribution is 7.48. The Morgan fingerprint density at radius 3 is 1.86 bits per heavy atom. The topological polar surface area (TPSA) is 56.8 Å². The molecule has 0 aliphatic rings. The molecule has 0 aromatic carbocycles. The second-order valence-electron chi connectivity index (χ2n) is 3.73. The van der Waals surface area contributed by atoms with Crippen LogP contribution < -0.4 is 5.48 Å². The first-order valence-electron chi connectivity index (χ1n) is 4.68. The third-order valence-electron chi connectivity index (χ3n) is 1.04. The lowest BCUT2D eigenvalue weighted by Gasteiger charge is -2.23. The van der Waals surface area contributed by atoms with Gasteiger partial charge in [0.1, 0.15) is 0 Å². The van der Waals surface area contributed by atoms with Crippen LogP contribution in [0.15, 0.2) is 0 Å². The zero-order chi connectivity index (χ0) is 11.2. The molecule has 0 aliphatic heterocycles. The fraction of sp³-hybridized carbons (Fsp3) is 1.00. The van der Waals surface area contributed by atoms with Gasteiger partial charge in [0.2, 0.25) is 0 Å². The van der Waals surface area contributed by atoms with E-state index in [1.807, 2.05) is 20.8 Å². The molecule has 0 saturated carbocycles. The van der Waals surface area contributed by atoms with E-state index in [1.165, 1.54) is 0 Å². The van der Waals surface area contributed by atoms with Crippen LogP contribution in [0.3, 0.4) is 0 Å². The van der Waals surface area contributed by atoms with Gasteiger partial charge < -0.3 is 0 Å². The van der Waals surface area contributed by atoms with E-state index in [-0.39, 0.29) is 18.8 Å². The molecule has 0 fully saturated rings. The maximum atomic E-state index is 11.7. The standard InChI is InChI=1S/C8H20NO4P/c1-6-11-14(10,12-7-2)13-9-8(3,4)5/h9H,6-7H2,1-5H3. The molecule has 0 atom stereocenters. The molecule has 0 unspecified atom stereocenters. The Kier molecular flexibility index (Phi) is 5.86. The molecule has 0 heterocycles. The van der Waals surface area contributed by atoms with Crippen LogP contribution in [-0.2, 0) is 18.2 Å². The largest absolute Gasteiger partial charge is 0.491 e. The summed E-state index contributed by atoms with van der Waals surface area (Å²) in [6.07, 6.45) is 0. The molecular formula is C8H20NO4P. The van der Waals surface area contributed by atoms with Crippen molar-refractivity contribution in [3.63, 3.8) is 0 Å². The van der Waals surface area contributed by atoms with Gasteiger partial charge in [0.15, 0.2) is 0 Å². The summed E-state index contributed by atoms with van der Waals surface area (Å²) in [5.74, 6) is 0. The number of phosphoric ester groups is 1. The molecule has 0 amide bonds. The smallest absolute Gasteiger partial charge is 0.286 e. The van der Waals surface area contributed by atoms with Crippen LogP contribution in [0.5, 0.6) is 0 Å². The summed E-state index contributed by atoms with van der Waals surface area (Å²) in [6.45, 7) is 9.67. The van der Waals surface area contributed by atoms with Crippen LogP contribution in [-0.4, -0.2) is 18.8 Å². The molecule has 86 valence electrons. The fourth-order valence-electron chi connectivity index (χ4n) is 0.599. The van der Waals surface area contributed by atoms with E-state index in [9.17, 15) is 4.57 Å². The predicted octanol–water partition coefficient (Wildman–Crippen LogP) is 2.49. The van der Waals surface area contributed by atoms with Crippen molar-refractivity contribution in [1.82, 2.24) is 5.48 Å². The lowest BCUT2D eigenvalue weighted by Crippen LogP contribution is -2.35. The first-order valence-corrected chi connectivity index (χ1v) is 6.14. The Morgan fingerprint density at radius 2 is 1.57 bits per heavy atom. The van der Waals surface area contributed by atoms with Crippen LogP contribution in [0.25, 0.3) is 0 Å². The van der Waals surface area contributed by atoms with Crippen molar-refractivity contribution in [2.45, 2.75) is 40.2 Å². The molecule has 1 N–H and O–H groups in total. The van der Waals surface area contributed by atoms with Crippen molar-refractivity contribution in [2.75, 3.05) is 13.2 Å². The number of nitrogens with one attached hydrogen (secondary N) is 1. The molecule has 14 heavy (non-hydrogen) atoms. The third-order valence-corrected chi connectivity index (χ3v) is 2.50. The van der Waals surface area contributed by atoms with Crippen molar-refractivity contribution in [3.8, 4) is 0 Å². The zero-order valence-corrected chi connectivity index (χ0v) is 10.4. The van der Waals surface area contributed by atoms with Crippen LogP contribution in [0.2, 0.25) is 0 Å². The van der Waals surface area contributed by atoms with Gasteiger partial charge >= 0.3 is 7.82 Å². The van der Waals surface area contributed by atoms with E-state index in [1.54, 1.807) is 13.8 Å². The first kappa shape index (κ1) is 14.1. The Morgan fingerprint density at radius 1 is 1.14 bits per heavy atom. The van der Waals surface area contributed by atoms with Crippen molar-refractivity contribution in [2.24, 2.45) is 0 Å². The Labute approximate surface area is 85.7 Å². The van der Waals surface area contributed by atoms with Gasteiger partial charge in [0, 0.05) is 5.54 Å². The van der Waals surface area contributed by atoms with Gasteiger partial charge in [-0.2, -0.15) is 10.1 Å². The summed E-state index contributed by atoms with van der Waals surface area (Å²) in [4.78, 5) is 0. The lowest BCUT2D eigenvalue weighted by atomic mass is 10.1. The van der Waals surface area contributed by atoms with E-state index < -0.39 is 7.82 Å².